The van der Waals surface area contributed by atoms with E-state index < -0.39 is 22.7 Å². The van der Waals surface area contributed by atoms with Crippen LogP contribution in [0.3, 0.4) is 0 Å². The second-order valence-electron chi connectivity index (χ2n) is 4.43. The third-order valence-corrected chi connectivity index (χ3v) is 4.29. The monoisotopic (exact) mass is 340 g/mol. The van der Waals surface area contributed by atoms with Gasteiger partial charge in [-0.25, -0.2) is 4.79 Å². The Bertz CT molecular complexity index is 769. The first-order valence-corrected chi connectivity index (χ1v) is 8.08. The highest BCUT2D eigenvalue weighted by Gasteiger charge is 2.18. The van der Waals surface area contributed by atoms with Crippen molar-refractivity contribution in [3.05, 3.63) is 59.1 Å². The number of para-hydroxylation sites is 1. The largest absolute Gasteiger partial charge is 0.423 e. The Kier molecular flexibility index (Phi) is 5.18. The normalized spacial score (nSPS) is 11.2. The zero-order chi connectivity index (χ0) is 16.2. The van der Waals surface area contributed by atoms with Crippen LogP contribution in [0.25, 0.3) is 0 Å². The molecule has 0 unspecified atom stereocenters. The van der Waals surface area contributed by atoms with Crippen molar-refractivity contribution in [2.45, 2.75) is 11.8 Å². The molecule has 0 aliphatic carbocycles. The van der Waals surface area contributed by atoms with Crippen LogP contribution in [0.1, 0.15) is 5.56 Å². The van der Waals surface area contributed by atoms with Crippen LogP contribution in [0, 0.1) is 6.92 Å². The van der Waals surface area contributed by atoms with E-state index in [9.17, 15) is 13.2 Å². The van der Waals surface area contributed by atoms with E-state index in [2.05, 4.69) is 4.18 Å². The minimum absolute atomic E-state index is 0.0244. The van der Waals surface area contributed by atoms with Crippen molar-refractivity contribution in [2.24, 2.45) is 0 Å². The van der Waals surface area contributed by atoms with E-state index in [1.54, 1.807) is 30.3 Å². The van der Waals surface area contributed by atoms with Crippen LogP contribution in [-0.2, 0) is 19.1 Å². The molecular formula is C15H13ClO5S. The van der Waals surface area contributed by atoms with E-state index in [1.807, 2.05) is 6.92 Å². The third kappa shape index (κ3) is 4.30. The number of esters is 1. The van der Waals surface area contributed by atoms with Crippen LogP contribution in [-0.4, -0.2) is 21.0 Å². The molecule has 0 fully saturated rings. The molecule has 0 bridgehead atoms. The lowest BCUT2D eigenvalue weighted by Crippen LogP contribution is -2.19. The Morgan fingerprint density at radius 2 is 1.73 bits per heavy atom. The molecule has 0 atom stereocenters. The summed E-state index contributed by atoms with van der Waals surface area (Å²) in [6, 6.07) is 12.4. The number of hydrogen-bond acceptors (Lipinski definition) is 5. The maximum atomic E-state index is 11.9. The molecule has 0 radical (unpaired) electrons. The Labute approximate surface area is 133 Å². The molecular weight excluding hydrogens is 328 g/mol. The van der Waals surface area contributed by atoms with Gasteiger partial charge in [0.15, 0.2) is 6.61 Å². The van der Waals surface area contributed by atoms with Crippen molar-refractivity contribution in [1.82, 2.24) is 0 Å². The van der Waals surface area contributed by atoms with E-state index >= 15 is 0 Å². The summed E-state index contributed by atoms with van der Waals surface area (Å²) in [5.74, 6) is -0.714. The van der Waals surface area contributed by atoms with Gasteiger partial charge in [0.2, 0.25) is 0 Å². The maximum absolute atomic E-state index is 11.9. The second kappa shape index (κ2) is 6.91. The van der Waals surface area contributed by atoms with Gasteiger partial charge in [-0.3, -0.25) is 4.18 Å². The summed E-state index contributed by atoms with van der Waals surface area (Å²) in [6.07, 6.45) is 0. The molecule has 0 aromatic heterocycles. The number of halogens is 1. The Hall–Kier alpha value is -1.89. The molecule has 0 amide bonds. The highest BCUT2D eigenvalue weighted by molar-refractivity contribution is 7.86. The number of benzene rings is 2. The van der Waals surface area contributed by atoms with E-state index in [-0.39, 0.29) is 15.7 Å². The zero-order valence-electron chi connectivity index (χ0n) is 11.7. The van der Waals surface area contributed by atoms with Crippen LogP contribution in [0.15, 0.2) is 53.4 Å². The molecule has 116 valence electrons. The fourth-order valence-corrected chi connectivity index (χ4v) is 2.61. The van der Waals surface area contributed by atoms with Gasteiger partial charge in [-0.15, -0.1) is 0 Å². The quantitative estimate of drug-likeness (QED) is 0.475. The molecule has 0 aliphatic heterocycles. The summed E-state index contributed by atoms with van der Waals surface area (Å²) >= 11 is 5.83. The van der Waals surface area contributed by atoms with Gasteiger partial charge in [0, 0.05) is 0 Å². The number of aryl methyl sites for hydroxylation is 1. The topological polar surface area (TPSA) is 69.7 Å². The lowest BCUT2D eigenvalue weighted by molar-refractivity contribution is -0.136. The number of carbonyl (C=O) groups is 1. The van der Waals surface area contributed by atoms with Gasteiger partial charge in [-0.2, -0.15) is 8.42 Å². The Morgan fingerprint density at radius 3 is 2.36 bits per heavy atom. The van der Waals surface area contributed by atoms with Crippen LogP contribution in [0.4, 0.5) is 0 Å². The first-order valence-electron chi connectivity index (χ1n) is 6.30. The van der Waals surface area contributed by atoms with Gasteiger partial charge >= 0.3 is 5.97 Å². The van der Waals surface area contributed by atoms with Gasteiger partial charge in [-0.05, 0) is 31.2 Å². The highest BCUT2D eigenvalue weighted by Crippen LogP contribution is 2.23. The number of ether oxygens (including phenoxy) is 1. The maximum Gasteiger partial charge on any atom is 0.339 e. The molecule has 0 aliphatic rings. The summed E-state index contributed by atoms with van der Waals surface area (Å²) in [5.41, 5.74) is 0.914. The van der Waals surface area contributed by atoms with Crippen molar-refractivity contribution in [1.29, 1.82) is 0 Å². The average Bonchev–Trinajstić information content (AvgIpc) is 2.48. The number of rotatable bonds is 5. The minimum Gasteiger partial charge on any atom is -0.423 e. The molecule has 0 heterocycles. The van der Waals surface area contributed by atoms with Gasteiger partial charge < -0.3 is 4.74 Å². The van der Waals surface area contributed by atoms with Crippen LogP contribution in [0.5, 0.6) is 5.75 Å². The summed E-state index contributed by atoms with van der Waals surface area (Å²) in [7, 11) is -4.01. The Morgan fingerprint density at radius 1 is 1.09 bits per heavy atom. The fourth-order valence-electron chi connectivity index (χ4n) is 1.58. The van der Waals surface area contributed by atoms with Gasteiger partial charge in [0.1, 0.15) is 5.75 Å². The molecule has 5 nitrogen and oxygen atoms in total. The molecule has 2 rings (SSSR count). The van der Waals surface area contributed by atoms with Crippen molar-refractivity contribution < 1.29 is 22.1 Å². The summed E-state index contributed by atoms with van der Waals surface area (Å²) in [4.78, 5) is 11.6. The number of carbonyl (C=O) groups excluding carboxylic acids is 1. The molecule has 0 N–H and O–H groups in total. The summed E-state index contributed by atoms with van der Waals surface area (Å²) in [5, 5.41) is 0.247. The van der Waals surface area contributed by atoms with Gasteiger partial charge in [0.25, 0.3) is 10.1 Å². The third-order valence-electron chi connectivity index (χ3n) is 2.70. The molecule has 7 heteroatoms. The van der Waals surface area contributed by atoms with E-state index in [1.165, 1.54) is 18.2 Å². The molecule has 2 aromatic rings. The van der Waals surface area contributed by atoms with E-state index in [0.717, 1.165) is 5.56 Å². The second-order valence-corrected chi connectivity index (χ2v) is 6.46. The van der Waals surface area contributed by atoms with Gasteiger partial charge in [0.05, 0.1) is 9.92 Å². The molecule has 22 heavy (non-hydrogen) atoms. The van der Waals surface area contributed by atoms with Crippen LogP contribution < -0.4 is 4.74 Å². The molecule has 0 saturated carbocycles. The summed E-state index contributed by atoms with van der Waals surface area (Å²) in [6.45, 7) is 1.10. The Balaban J connectivity index is 1.98. The van der Waals surface area contributed by atoms with Crippen molar-refractivity contribution in [3.8, 4) is 5.75 Å². The smallest absolute Gasteiger partial charge is 0.339 e. The predicted molar refractivity (Wildman–Crippen MR) is 81.4 cm³/mol. The van der Waals surface area contributed by atoms with Crippen LogP contribution in [0.2, 0.25) is 5.02 Å². The van der Waals surface area contributed by atoms with Crippen LogP contribution >= 0.6 is 11.6 Å². The van der Waals surface area contributed by atoms with Crippen molar-refractivity contribution in [3.63, 3.8) is 0 Å². The first-order chi connectivity index (χ1) is 10.4. The molecule has 0 spiro atoms. The van der Waals surface area contributed by atoms with Crippen molar-refractivity contribution >= 4 is 27.7 Å². The predicted octanol–water partition coefficient (Wildman–Crippen LogP) is 2.96. The van der Waals surface area contributed by atoms with Gasteiger partial charge in [-0.1, -0.05) is 41.4 Å². The molecule has 2 aromatic carbocycles. The number of hydrogen-bond donors (Lipinski definition) is 0. The fraction of sp³-hybridized carbons (Fsp3) is 0.133. The van der Waals surface area contributed by atoms with Crippen molar-refractivity contribution in [2.75, 3.05) is 6.61 Å². The first kappa shape index (κ1) is 16.5. The zero-order valence-corrected chi connectivity index (χ0v) is 13.2. The lowest BCUT2D eigenvalue weighted by atomic mass is 10.2. The SMILES string of the molecule is Cc1ccc(S(=O)(=O)OCC(=O)Oc2ccccc2Cl)cc1. The lowest BCUT2D eigenvalue weighted by Gasteiger charge is -2.07. The highest BCUT2D eigenvalue weighted by atomic mass is 35.5. The standard InChI is InChI=1S/C15H13ClO5S/c1-11-6-8-12(9-7-11)22(18,19)20-10-15(17)21-14-5-3-2-4-13(14)16/h2-9H,10H2,1H3. The summed E-state index contributed by atoms with van der Waals surface area (Å²) < 4.78 is 33.4. The minimum atomic E-state index is -4.01. The average molecular weight is 341 g/mol. The molecule has 0 saturated heterocycles. The van der Waals surface area contributed by atoms with E-state index in [0.29, 0.717) is 0 Å². The van der Waals surface area contributed by atoms with E-state index in [4.69, 9.17) is 16.3 Å².